The van der Waals surface area contributed by atoms with Crippen molar-refractivity contribution in [3.05, 3.63) is 85.5 Å². The summed E-state index contributed by atoms with van der Waals surface area (Å²) >= 11 is 5.93. The van der Waals surface area contributed by atoms with E-state index in [1.165, 1.54) is 26.3 Å². The first kappa shape index (κ1) is 28.8. The number of nitrogens with zero attached hydrogens (tertiary/aromatic N) is 2. The van der Waals surface area contributed by atoms with Gasteiger partial charge in [-0.15, -0.1) is 13.2 Å². The molecule has 0 aliphatic heterocycles. The first-order valence-electron chi connectivity index (χ1n) is 11.0. The fourth-order valence-corrected chi connectivity index (χ4v) is 3.60. The van der Waals surface area contributed by atoms with Gasteiger partial charge in [-0.25, -0.2) is 4.79 Å². The van der Waals surface area contributed by atoms with Gasteiger partial charge in [0.15, 0.2) is 12.0 Å². The van der Waals surface area contributed by atoms with Crippen molar-refractivity contribution < 1.29 is 32.2 Å². The number of carbonyl (C=O) groups is 1. The van der Waals surface area contributed by atoms with Crippen LogP contribution >= 0.6 is 11.6 Å². The summed E-state index contributed by atoms with van der Waals surface area (Å²) in [5, 5.41) is 3.47. The van der Waals surface area contributed by atoms with Crippen LogP contribution in [0.25, 0.3) is 0 Å². The molecule has 3 N–H and O–H groups in total. The van der Waals surface area contributed by atoms with Crippen LogP contribution in [0.1, 0.15) is 17.4 Å². The largest absolute Gasteiger partial charge is 0.573 e. The molecule has 0 aliphatic carbocycles. The molecule has 1 aromatic heterocycles. The van der Waals surface area contributed by atoms with Gasteiger partial charge in [0.1, 0.15) is 29.5 Å². The number of hydrogen-bond donors (Lipinski definition) is 2. The lowest BCUT2D eigenvalue weighted by Gasteiger charge is -2.24. The Hall–Kier alpha value is -3.81. The zero-order valence-corrected chi connectivity index (χ0v) is 21.0. The van der Waals surface area contributed by atoms with E-state index >= 15 is 0 Å². The number of Topliss-reactive ketones (excluding diaryl/α,β-unsaturated/α-hetero) is 1. The molecular weight excluding hydrogens is 533 g/mol. The van der Waals surface area contributed by atoms with E-state index in [0.29, 0.717) is 9.59 Å². The number of nitrogens with two attached hydrogens (primary N) is 1. The number of ketones is 1. The van der Waals surface area contributed by atoms with Crippen LogP contribution in [0.5, 0.6) is 11.5 Å². The quantitative estimate of drug-likeness (QED) is 0.345. The van der Waals surface area contributed by atoms with Gasteiger partial charge in [-0.05, 0) is 29.8 Å². The van der Waals surface area contributed by atoms with Gasteiger partial charge in [0.05, 0.1) is 6.54 Å². The summed E-state index contributed by atoms with van der Waals surface area (Å²) in [6.07, 6.45) is -6.30. The molecule has 0 spiro atoms. The molecule has 1 heterocycles. The Morgan fingerprint density at radius 2 is 1.79 bits per heavy atom. The summed E-state index contributed by atoms with van der Waals surface area (Å²) in [4.78, 5) is 38.3. The number of ether oxygens (including phenoxy) is 3. The summed E-state index contributed by atoms with van der Waals surface area (Å²) in [7, 11) is 2.58. The molecule has 0 bridgehead atoms. The van der Waals surface area contributed by atoms with E-state index in [-0.39, 0.29) is 30.3 Å². The minimum absolute atomic E-state index is 0.102. The predicted octanol–water partition coefficient (Wildman–Crippen LogP) is 2.76. The molecule has 204 valence electrons. The van der Waals surface area contributed by atoms with Crippen LogP contribution in [0.3, 0.4) is 0 Å². The summed E-state index contributed by atoms with van der Waals surface area (Å²) in [5.41, 5.74) is 4.83. The second kappa shape index (κ2) is 12.2. The number of hydrogen-bond acceptors (Lipinski definition) is 8. The maximum atomic E-state index is 13.4. The van der Waals surface area contributed by atoms with Crippen molar-refractivity contribution in [2.75, 3.05) is 19.5 Å². The van der Waals surface area contributed by atoms with Gasteiger partial charge in [0.2, 0.25) is 0 Å². The first-order valence-corrected chi connectivity index (χ1v) is 11.4. The molecule has 0 unspecified atom stereocenters. The van der Waals surface area contributed by atoms with Crippen LogP contribution in [-0.2, 0) is 29.7 Å². The van der Waals surface area contributed by atoms with E-state index in [0.717, 1.165) is 22.3 Å². The molecule has 0 amide bonds. The second-order valence-corrected chi connectivity index (χ2v) is 8.47. The molecule has 38 heavy (non-hydrogen) atoms. The zero-order chi connectivity index (χ0) is 28.0. The second-order valence-electron chi connectivity index (χ2n) is 8.03. The molecule has 0 radical (unpaired) electrons. The van der Waals surface area contributed by atoms with Crippen molar-refractivity contribution in [2.45, 2.75) is 25.7 Å². The predicted molar refractivity (Wildman–Crippen MR) is 132 cm³/mol. The van der Waals surface area contributed by atoms with E-state index in [4.69, 9.17) is 26.8 Å². The summed E-state index contributed by atoms with van der Waals surface area (Å²) in [6.45, 7) is -0.827. The molecule has 0 saturated heterocycles. The van der Waals surface area contributed by atoms with Crippen LogP contribution in [0.15, 0.2) is 58.1 Å². The van der Waals surface area contributed by atoms with E-state index in [1.54, 1.807) is 24.3 Å². The number of alkyl halides is 3. The average molecular weight is 557 g/mol. The standard InChI is InChI=1S/C24H24ClF3N4O6/c1-31-20(29)19(22(34)32(23(31)35)12-16(33)13-36-2)21(30-11-14-6-8-15(25)9-7-14)37-17-4-3-5-18(10-17)38-24(26,27)28/h3-10,21,30H,11-13,29H2,1-2H3/t21-/m1/s1. The Bertz CT molecular complexity index is 1410. The van der Waals surface area contributed by atoms with Crippen molar-refractivity contribution in [1.82, 2.24) is 14.5 Å². The number of nitrogen functional groups attached to an aromatic ring is 1. The van der Waals surface area contributed by atoms with Gasteiger partial charge >= 0.3 is 12.1 Å². The third-order valence-corrected chi connectivity index (χ3v) is 5.48. The minimum Gasteiger partial charge on any atom is -0.471 e. The molecule has 10 nitrogen and oxygen atoms in total. The van der Waals surface area contributed by atoms with Crippen molar-refractivity contribution >= 4 is 23.2 Å². The number of benzene rings is 2. The number of carbonyl (C=O) groups excluding carboxylic acids is 1. The smallest absolute Gasteiger partial charge is 0.471 e. The molecule has 0 aliphatic rings. The monoisotopic (exact) mass is 556 g/mol. The third-order valence-electron chi connectivity index (χ3n) is 5.23. The normalized spacial score (nSPS) is 12.3. The number of nitrogens with one attached hydrogen (secondary N) is 1. The summed E-state index contributed by atoms with van der Waals surface area (Å²) < 4.78 is 54.4. The van der Waals surface area contributed by atoms with Crippen LogP contribution in [0, 0.1) is 0 Å². The zero-order valence-electron chi connectivity index (χ0n) is 20.3. The highest BCUT2D eigenvalue weighted by Gasteiger charge is 2.31. The Kier molecular flexibility index (Phi) is 9.20. The molecule has 0 saturated carbocycles. The molecular formula is C24H24ClF3N4O6. The fourth-order valence-electron chi connectivity index (χ4n) is 3.47. The van der Waals surface area contributed by atoms with Crippen molar-refractivity contribution in [1.29, 1.82) is 0 Å². The van der Waals surface area contributed by atoms with Gasteiger partial charge in [0.25, 0.3) is 5.56 Å². The van der Waals surface area contributed by atoms with Crippen LogP contribution in [0.4, 0.5) is 19.0 Å². The van der Waals surface area contributed by atoms with E-state index in [2.05, 4.69) is 10.1 Å². The molecule has 0 fully saturated rings. The molecule has 2 aromatic carbocycles. The van der Waals surface area contributed by atoms with Gasteiger partial charge in [-0.3, -0.25) is 24.0 Å². The number of rotatable bonds is 11. The van der Waals surface area contributed by atoms with Crippen LogP contribution in [0.2, 0.25) is 5.02 Å². The number of halogens is 4. The van der Waals surface area contributed by atoms with Crippen molar-refractivity contribution in [3.63, 3.8) is 0 Å². The van der Waals surface area contributed by atoms with E-state index in [1.807, 2.05) is 0 Å². The highest BCUT2D eigenvalue weighted by Crippen LogP contribution is 2.29. The highest BCUT2D eigenvalue weighted by atomic mass is 35.5. The molecule has 3 rings (SSSR count). The van der Waals surface area contributed by atoms with Gasteiger partial charge in [-0.1, -0.05) is 29.8 Å². The number of anilines is 1. The van der Waals surface area contributed by atoms with Gasteiger partial charge in [-0.2, -0.15) is 0 Å². The lowest BCUT2D eigenvalue weighted by Crippen LogP contribution is -2.46. The van der Waals surface area contributed by atoms with E-state index < -0.39 is 41.9 Å². The van der Waals surface area contributed by atoms with Crippen molar-refractivity contribution in [3.8, 4) is 11.5 Å². The lowest BCUT2D eigenvalue weighted by atomic mass is 10.2. The van der Waals surface area contributed by atoms with Crippen LogP contribution < -0.4 is 31.8 Å². The summed E-state index contributed by atoms with van der Waals surface area (Å²) in [5.74, 6) is -1.48. The van der Waals surface area contributed by atoms with E-state index in [9.17, 15) is 27.6 Å². The maximum Gasteiger partial charge on any atom is 0.573 e. The van der Waals surface area contributed by atoms with Gasteiger partial charge < -0.3 is 19.9 Å². The molecule has 14 heteroatoms. The Morgan fingerprint density at radius 3 is 2.42 bits per heavy atom. The first-order chi connectivity index (χ1) is 17.9. The lowest BCUT2D eigenvalue weighted by molar-refractivity contribution is -0.274. The molecule has 3 aromatic rings. The summed E-state index contributed by atoms with van der Waals surface area (Å²) in [6, 6.07) is 11.3. The van der Waals surface area contributed by atoms with Gasteiger partial charge in [0, 0.05) is 31.8 Å². The number of methoxy groups -OCH3 is 1. The average Bonchev–Trinajstić information content (AvgIpc) is 2.84. The fraction of sp³-hybridized carbons (Fsp3) is 0.292. The number of aromatic nitrogens is 2. The Morgan fingerprint density at radius 1 is 1.13 bits per heavy atom. The Balaban J connectivity index is 2.06. The SMILES string of the molecule is COCC(=O)Cn1c(=O)c([C@H](NCc2ccc(Cl)cc2)Oc2cccc(OC(F)(F)F)c2)c(N)n(C)c1=O. The van der Waals surface area contributed by atoms with Crippen LogP contribution in [-0.4, -0.2) is 35.0 Å². The molecule has 1 atom stereocenters. The Labute approximate surface area is 219 Å². The highest BCUT2D eigenvalue weighted by molar-refractivity contribution is 6.30. The maximum absolute atomic E-state index is 13.4. The topological polar surface area (TPSA) is 127 Å². The minimum atomic E-state index is -4.94. The van der Waals surface area contributed by atoms with Crippen molar-refractivity contribution in [2.24, 2.45) is 7.05 Å². The third kappa shape index (κ3) is 7.37.